The van der Waals surface area contributed by atoms with Crippen LogP contribution >= 0.6 is 0 Å². The third-order valence-corrected chi connectivity index (χ3v) is 15.7. The molecule has 14 nitrogen and oxygen atoms in total. The molecule has 2 unspecified atom stereocenters. The van der Waals surface area contributed by atoms with E-state index in [-0.39, 0.29) is 49.6 Å². The van der Waals surface area contributed by atoms with Gasteiger partial charge in [0.2, 0.25) is 23.6 Å². The van der Waals surface area contributed by atoms with Crippen LogP contribution in [0.3, 0.4) is 0 Å². The largest absolute Gasteiger partial charge is 0.489 e. The molecule has 10 rings (SSSR count). The number of carbonyl (C=O) groups excluding carboxylic acids is 6. The van der Waals surface area contributed by atoms with Gasteiger partial charge in [-0.2, -0.15) is 0 Å². The molecular weight excluding hydrogens is 885 g/mol. The molecule has 6 heterocycles. The second kappa shape index (κ2) is 20.2. The Balaban J connectivity index is 0.732. The maximum Gasteiger partial charge on any atom is 0.255 e. The summed E-state index contributed by atoms with van der Waals surface area (Å²) in [6.45, 7) is 12.1. The van der Waals surface area contributed by atoms with Gasteiger partial charge in [0.25, 0.3) is 11.8 Å². The molecule has 4 aromatic rings. The predicted molar refractivity (Wildman–Crippen MR) is 261 cm³/mol. The number of imide groups is 2. The fourth-order valence-corrected chi connectivity index (χ4v) is 11.2. The fraction of sp³-hybridized carbons (Fsp3) is 0.464. The van der Waals surface area contributed by atoms with Gasteiger partial charge in [-0.3, -0.25) is 49.2 Å². The Bertz CT molecular complexity index is 2680. The molecular formula is C56H64N6O8. The number of hydrogen-bond acceptors (Lipinski definition) is 10. The smallest absolute Gasteiger partial charge is 0.255 e. The second-order valence-electron chi connectivity index (χ2n) is 21.1. The second-order valence-corrected chi connectivity index (χ2v) is 21.1. The van der Waals surface area contributed by atoms with Crippen molar-refractivity contribution in [3.05, 3.63) is 129 Å². The SMILES string of the molecule is CC1(C)CCN(Cc2ccc(COc3cccc4c3CN(C3CCC(=O)NC3=O)C4=O)c(CCC3CCN(Cc4ccc(COc5cccc6c5CN(C5CCC(=O)NC5=O)C6=O)cc4)CC3)c2)CC1. The van der Waals surface area contributed by atoms with Gasteiger partial charge in [-0.1, -0.05) is 68.4 Å². The first-order valence-electron chi connectivity index (χ1n) is 25.3. The number of nitrogens with one attached hydrogen (secondary N) is 2. The van der Waals surface area contributed by atoms with Crippen LogP contribution in [0, 0.1) is 11.3 Å². The van der Waals surface area contributed by atoms with Crippen LogP contribution in [-0.2, 0) is 65.0 Å². The first-order valence-corrected chi connectivity index (χ1v) is 25.3. The molecule has 366 valence electrons. The molecule has 4 fully saturated rings. The van der Waals surface area contributed by atoms with Crippen LogP contribution in [-0.4, -0.2) is 93.3 Å². The highest BCUT2D eigenvalue weighted by atomic mass is 16.5. The van der Waals surface area contributed by atoms with Gasteiger partial charge >= 0.3 is 0 Å². The predicted octanol–water partition coefficient (Wildman–Crippen LogP) is 6.83. The van der Waals surface area contributed by atoms with Crippen LogP contribution in [0.2, 0.25) is 0 Å². The molecule has 0 saturated carbocycles. The highest BCUT2D eigenvalue weighted by Crippen LogP contribution is 2.37. The van der Waals surface area contributed by atoms with Crippen molar-refractivity contribution in [2.75, 3.05) is 26.2 Å². The standard InChI is InChI=1S/C56H64N6O8/c1-56(2)23-27-60(28-24-56)31-39-14-16-41(35-70-49-8-4-6-43-45(49)33-62(55(43)68)47-18-20-51(64)58-53(47)66)40(29-39)15-13-36-21-25-59(26-22-36)30-37-9-11-38(12-10-37)34-69-48-7-3-5-42-44(48)32-61(54(42)67)46-17-19-50(63)57-52(46)65/h3-12,14,16,29,36,46-47H,13,15,17-28,30-35H2,1-2H3,(H,57,63,65)(H,58,64,66). The van der Waals surface area contributed by atoms with Crippen molar-refractivity contribution >= 4 is 35.4 Å². The van der Waals surface area contributed by atoms with E-state index in [1.807, 2.05) is 18.2 Å². The summed E-state index contributed by atoms with van der Waals surface area (Å²) in [6.07, 6.45) is 7.80. The number of hydrogen-bond donors (Lipinski definition) is 2. The average molecular weight is 949 g/mol. The first kappa shape index (κ1) is 47.3. The average Bonchev–Trinajstić information content (AvgIpc) is 3.87. The Labute approximate surface area is 410 Å². The van der Waals surface area contributed by atoms with Gasteiger partial charge < -0.3 is 19.3 Å². The van der Waals surface area contributed by atoms with E-state index in [1.165, 1.54) is 29.5 Å². The minimum Gasteiger partial charge on any atom is -0.489 e. The normalized spacial score (nSPS) is 22.0. The van der Waals surface area contributed by atoms with E-state index in [0.29, 0.717) is 60.0 Å². The lowest BCUT2D eigenvalue weighted by molar-refractivity contribution is -0.138. The summed E-state index contributed by atoms with van der Waals surface area (Å²) in [5, 5.41) is 4.76. The number of benzene rings is 4. The molecule has 70 heavy (non-hydrogen) atoms. The Morgan fingerprint density at radius 2 is 1.09 bits per heavy atom. The molecule has 2 atom stereocenters. The first-order chi connectivity index (χ1) is 33.8. The van der Waals surface area contributed by atoms with Crippen LogP contribution in [0.5, 0.6) is 11.5 Å². The molecule has 0 radical (unpaired) electrons. The fourth-order valence-electron chi connectivity index (χ4n) is 11.2. The van der Waals surface area contributed by atoms with Gasteiger partial charge in [-0.25, -0.2) is 0 Å². The summed E-state index contributed by atoms with van der Waals surface area (Å²) in [6, 6.07) is 25.1. The molecule has 0 aliphatic carbocycles. The van der Waals surface area contributed by atoms with Crippen molar-refractivity contribution in [1.82, 2.24) is 30.2 Å². The van der Waals surface area contributed by atoms with E-state index in [1.54, 1.807) is 28.0 Å². The lowest BCUT2D eigenvalue weighted by Crippen LogP contribution is -2.52. The monoisotopic (exact) mass is 948 g/mol. The number of nitrogens with zero attached hydrogens (tertiary/aromatic N) is 4. The summed E-state index contributed by atoms with van der Waals surface area (Å²) < 4.78 is 12.8. The van der Waals surface area contributed by atoms with Crippen LogP contribution < -0.4 is 20.1 Å². The zero-order valence-electron chi connectivity index (χ0n) is 40.4. The van der Waals surface area contributed by atoms with Crippen molar-refractivity contribution in [2.24, 2.45) is 11.3 Å². The molecule has 6 aliphatic heterocycles. The number of ether oxygens (including phenoxy) is 2. The zero-order chi connectivity index (χ0) is 48.5. The van der Waals surface area contributed by atoms with Crippen molar-refractivity contribution in [3.63, 3.8) is 0 Å². The summed E-state index contributed by atoms with van der Waals surface area (Å²) >= 11 is 0. The third-order valence-electron chi connectivity index (χ3n) is 15.7. The van der Waals surface area contributed by atoms with E-state index in [0.717, 1.165) is 87.2 Å². The highest BCUT2D eigenvalue weighted by molar-refractivity contribution is 6.06. The highest BCUT2D eigenvalue weighted by Gasteiger charge is 2.42. The summed E-state index contributed by atoms with van der Waals surface area (Å²) in [7, 11) is 0. The number of aryl methyl sites for hydroxylation is 1. The quantitative estimate of drug-likeness (QED) is 0.121. The number of rotatable bonds is 15. The van der Waals surface area contributed by atoms with E-state index < -0.39 is 23.9 Å². The summed E-state index contributed by atoms with van der Waals surface area (Å²) in [5.41, 5.74) is 9.10. The molecule has 4 saturated heterocycles. The number of carbonyl (C=O) groups is 6. The van der Waals surface area contributed by atoms with Gasteiger partial charge in [-0.05, 0) is 141 Å². The van der Waals surface area contributed by atoms with E-state index >= 15 is 0 Å². The van der Waals surface area contributed by atoms with E-state index in [2.05, 4.69) is 76.7 Å². The van der Waals surface area contributed by atoms with Gasteiger partial charge in [0.15, 0.2) is 0 Å². The number of likely N-dealkylation sites (tertiary alicyclic amines) is 2. The van der Waals surface area contributed by atoms with Crippen molar-refractivity contribution in [3.8, 4) is 11.5 Å². The molecule has 6 amide bonds. The van der Waals surface area contributed by atoms with Crippen LogP contribution in [0.1, 0.15) is 131 Å². The van der Waals surface area contributed by atoms with Gasteiger partial charge in [-0.15, -0.1) is 0 Å². The van der Waals surface area contributed by atoms with Gasteiger partial charge in [0.1, 0.15) is 36.8 Å². The summed E-state index contributed by atoms with van der Waals surface area (Å²) in [5.74, 6) is 0.0187. The van der Waals surface area contributed by atoms with Gasteiger partial charge in [0.05, 0.1) is 13.1 Å². The lowest BCUT2D eigenvalue weighted by atomic mass is 9.82. The Morgan fingerprint density at radius 3 is 1.66 bits per heavy atom. The van der Waals surface area contributed by atoms with Crippen molar-refractivity contribution in [2.45, 2.75) is 130 Å². The maximum atomic E-state index is 13.5. The minimum absolute atomic E-state index is 0.205. The Kier molecular flexibility index (Phi) is 13.6. The Hall–Kier alpha value is -6.38. The molecule has 0 spiro atoms. The molecule has 4 aromatic carbocycles. The van der Waals surface area contributed by atoms with Crippen LogP contribution in [0.15, 0.2) is 78.9 Å². The third kappa shape index (κ3) is 10.4. The van der Waals surface area contributed by atoms with E-state index in [9.17, 15) is 28.8 Å². The van der Waals surface area contributed by atoms with Gasteiger partial charge in [0, 0.05) is 48.2 Å². The number of fused-ring (bicyclic) bond motifs is 2. The maximum absolute atomic E-state index is 13.5. The Morgan fingerprint density at radius 1 is 0.571 bits per heavy atom. The van der Waals surface area contributed by atoms with E-state index in [4.69, 9.17) is 9.47 Å². The summed E-state index contributed by atoms with van der Waals surface area (Å²) in [4.78, 5) is 83.9. The van der Waals surface area contributed by atoms with Crippen molar-refractivity contribution < 1.29 is 38.2 Å². The number of amides is 6. The molecule has 2 N–H and O–H groups in total. The minimum atomic E-state index is -0.677. The van der Waals surface area contributed by atoms with Crippen LogP contribution in [0.4, 0.5) is 0 Å². The number of piperidine rings is 4. The molecule has 0 aromatic heterocycles. The molecule has 0 bridgehead atoms. The van der Waals surface area contributed by atoms with Crippen LogP contribution in [0.25, 0.3) is 0 Å². The van der Waals surface area contributed by atoms with Crippen molar-refractivity contribution in [1.29, 1.82) is 0 Å². The lowest BCUT2D eigenvalue weighted by Gasteiger charge is -2.37. The molecule has 6 aliphatic rings. The zero-order valence-corrected chi connectivity index (χ0v) is 40.4. The molecule has 14 heteroatoms. The topological polar surface area (TPSA) is 158 Å².